The highest BCUT2D eigenvalue weighted by molar-refractivity contribution is 5.98. The molecule has 0 aliphatic heterocycles. The molecule has 0 radical (unpaired) electrons. The smallest absolute Gasteiger partial charge is 0.416 e. The van der Waals surface area contributed by atoms with Gasteiger partial charge in [0, 0.05) is 5.69 Å². The Balaban J connectivity index is 2.15. The summed E-state index contributed by atoms with van der Waals surface area (Å²) in [6.45, 7) is 1.26. The number of hydrogen-bond acceptors (Lipinski definition) is 2. The molecule has 1 aromatic rings. The molecule has 2 rings (SSSR count). The molecule has 0 spiro atoms. The number of carbonyl (C=O) groups excluding carboxylic acids is 1. The van der Waals surface area contributed by atoms with E-state index in [9.17, 15) is 22.8 Å². The van der Waals surface area contributed by atoms with Crippen molar-refractivity contribution in [2.45, 2.75) is 19.5 Å². The molecule has 0 heterocycles. The third kappa shape index (κ3) is 2.76. The molecular formula is C13H12F3NO3. The summed E-state index contributed by atoms with van der Waals surface area (Å²) in [5, 5.41) is 11.1. The van der Waals surface area contributed by atoms with Crippen molar-refractivity contribution in [3.8, 4) is 0 Å². The third-order valence-electron chi connectivity index (χ3n) is 3.34. The van der Waals surface area contributed by atoms with Crippen LogP contribution < -0.4 is 5.32 Å². The highest BCUT2D eigenvalue weighted by Crippen LogP contribution is 2.40. The first kappa shape index (κ1) is 14.4. The Kier molecular flexibility index (Phi) is 3.45. The summed E-state index contributed by atoms with van der Waals surface area (Å²) in [5.74, 6) is -3.02. The summed E-state index contributed by atoms with van der Waals surface area (Å²) >= 11 is 0. The van der Waals surface area contributed by atoms with E-state index in [0.29, 0.717) is 0 Å². The van der Waals surface area contributed by atoms with Gasteiger partial charge in [-0.2, -0.15) is 13.2 Å². The van der Waals surface area contributed by atoms with Crippen LogP contribution >= 0.6 is 0 Å². The standard InChI is InChI=1S/C13H12F3NO3/c1-6-9(13(14,15)16)3-2-4-10(6)17-11(18)7-5-8(7)12(19)20/h2-4,7-8H,5H2,1H3,(H,17,18)(H,19,20)/t7-,8-/m0/s1. The van der Waals surface area contributed by atoms with Crippen LogP contribution in [0.15, 0.2) is 18.2 Å². The number of halogens is 3. The highest BCUT2D eigenvalue weighted by Gasteiger charge is 2.48. The molecule has 0 saturated heterocycles. The molecule has 1 aliphatic carbocycles. The molecule has 1 amide bonds. The van der Waals surface area contributed by atoms with Crippen molar-refractivity contribution in [1.29, 1.82) is 0 Å². The van der Waals surface area contributed by atoms with Crippen LogP contribution in [-0.4, -0.2) is 17.0 Å². The average Bonchev–Trinajstić information content (AvgIpc) is 3.10. The largest absolute Gasteiger partial charge is 0.481 e. The maximum atomic E-state index is 12.7. The molecule has 20 heavy (non-hydrogen) atoms. The number of aliphatic carboxylic acids is 1. The highest BCUT2D eigenvalue weighted by atomic mass is 19.4. The monoisotopic (exact) mass is 287 g/mol. The molecule has 1 fully saturated rings. The molecule has 0 bridgehead atoms. The Morgan fingerprint density at radius 1 is 1.30 bits per heavy atom. The van der Waals surface area contributed by atoms with Crippen molar-refractivity contribution in [1.82, 2.24) is 0 Å². The van der Waals surface area contributed by atoms with Crippen LogP contribution in [0.25, 0.3) is 0 Å². The van der Waals surface area contributed by atoms with Gasteiger partial charge in [0.25, 0.3) is 0 Å². The topological polar surface area (TPSA) is 66.4 Å². The predicted octanol–water partition coefficient (Wildman–Crippen LogP) is 2.67. The molecular weight excluding hydrogens is 275 g/mol. The first-order valence-electron chi connectivity index (χ1n) is 5.92. The van der Waals surface area contributed by atoms with E-state index in [-0.39, 0.29) is 17.7 Å². The van der Waals surface area contributed by atoms with E-state index in [0.717, 1.165) is 6.07 Å². The lowest BCUT2D eigenvalue weighted by molar-refractivity contribution is -0.140. The fourth-order valence-electron chi connectivity index (χ4n) is 2.06. The lowest BCUT2D eigenvalue weighted by Gasteiger charge is -2.14. The average molecular weight is 287 g/mol. The number of carboxylic acid groups (broad SMARTS) is 1. The van der Waals surface area contributed by atoms with Gasteiger partial charge in [-0.1, -0.05) is 6.07 Å². The van der Waals surface area contributed by atoms with E-state index in [2.05, 4.69) is 5.32 Å². The van der Waals surface area contributed by atoms with Gasteiger partial charge >= 0.3 is 12.1 Å². The Morgan fingerprint density at radius 2 is 1.95 bits per heavy atom. The van der Waals surface area contributed by atoms with Gasteiger partial charge in [0.15, 0.2) is 0 Å². The zero-order valence-corrected chi connectivity index (χ0v) is 10.5. The minimum Gasteiger partial charge on any atom is -0.481 e. The summed E-state index contributed by atoms with van der Waals surface area (Å²) in [5.41, 5.74) is -0.845. The Labute approximate surface area is 112 Å². The number of anilines is 1. The van der Waals surface area contributed by atoms with Gasteiger partial charge < -0.3 is 10.4 Å². The Hall–Kier alpha value is -2.05. The minimum atomic E-state index is -4.49. The van der Waals surface area contributed by atoms with Gasteiger partial charge in [-0.15, -0.1) is 0 Å². The van der Waals surface area contributed by atoms with Crippen LogP contribution in [-0.2, 0) is 15.8 Å². The van der Waals surface area contributed by atoms with Crippen LogP contribution in [0.4, 0.5) is 18.9 Å². The van der Waals surface area contributed by atoms with E-state index in [4.69, 9.17) is 5.11 Å². The molecule has 2 atom stereocenters. The number of carboxylic acids is 1. The SMILES string of the molecule is Cc1c(NC(=O)[C@H]2C[C@@H]2C(=O)O)cccc1C(F)(F)F. The van der Waals surface area contributed by atoms with Gasteiger partial charge in [-0.05, 0) is 31.0 Å². The summed E-state index contributed by atoms with van der Waals surface area (Å²) in [4.78, 5) is 22.4. The fraction of sp³-hybridized carbons (Fsp3) is 0.385. The second-order valence-corrected chi connectivity index (χ2v) is 4.75. The van der Waals surface area contributed by atoms with Crippen LogP contribution in [0.5, 0.6) is 0 Å². The van der Waals surface area contributed by atoms with E-state index in [1.54, 1.807) is 0 Å². The van der Waals surface area contributed by atoms with Gasteiger partial charge in [0.05, 0.1) is 17.4 Å². The zero-order chi connectivity index (χ0) is 15.1. The van der Waals surface area contributed by atoms with Crippen molar-refractivity contribution in [3.05, 3.63) is 29.3 Å². The predicted molar refractivity (Wildman–Crippen MR) is 64.0 cm³/mol. The Morgan fingerprint density at radius 3 is 2.45 bits per heavy atom. The molecule has 7 heteroatoms. The van der Waals surface area contributed by atoms with Crippen molar-refractivity contribution in [2.24, 2.45) is 11.8 Å². The van der Waals surface area contributed by atoms with Gasteiger partial charge in [-0.25, -0.2) is 0 Å². The van der Waals surface area contributed by atoms with Crippen LogP contribution in [0.1, 0.15) is 17.5 Å². The van der Waals surface area contributed by atoms with Crippen molar-refractivity contribution < 1.29 is 27.9 Å². The number of benzene rings is 1. The molecule has 1 aliphatic rings. The van der Waals surface area contributed by atoms with Gasteiger partial charge in [0.1, 0.15) is 0 Å². The molecule has 108 valence electrons. The summed E-state index contributed by atoms with van der Waals surface area (Å²) in [6.07, 6.45) is -4.27. The first-order chi connectivity index (χ1) is 9.21. The maximum Gasteiger partial charge on any atom is 0.416 e. The zero-order valence-electron chi connectivity index (χ0n) is 10.5. The summed E-state index contributed by atoms with van der Waals surface area (Å²) in [6, 6.07) is 3.50. The second kappa shape index (κ2) is 4.81. The number of amides is 1. The van der Waals surface area contributed by atoms with Gasteiger partial charge in [0.2, 0.25) is 5.91 Å². The number of nitrogens with one attached hydrogen (secondary N) is 1. The van der Waals surface area contributed by atoms with Crippen molar-refractivity contribution >= 4 is 17.6 Å². The molecule has 2 N–H and O–H groups in total. The lowest BCUT2D eigenvalue weighted by atomic mass is 10.1. The third-order valence-corrected chi connectivity index (χ3v) is 3.34. The maximum absolute atomic E-state index is 12.7. The summed E-state index contributed by atoms with van der Waals surface area (Å²) < 4.78 is 38.1. The molecule has 1 aromatic carbocycles. The quantitative estimate of drug-likeness (QED) is 0.898. The number of rotatable bonds is 3. The van der Waals surface area contributed by atoms with Crippen LogP contribution in [0.2, 0.25) is 0 Å². The fourth-order valence-corrected chi connectivity index (χ4v) is 2.06. The van der Waals surface area contributed by atoms with Crippen molar-refractivity contribution in [2.75, 3.05) is 5.32 Å². The van der Waals surface area contributed by atoms with E-state index in [1.165, 1.54) is 19.1 Å². The van der Waals surface area contributed by atoms with Crippen LogP contribution in [0, 0.1) is 18.8 Å². The van der Waals surface area contributed by atoms with E-state index >= 15 is 0 Å². The number of hydrogen-bond donors (Lipinski definition) is 2. The summed E-state index contributed by atoms with van der Waals surface area (Å²) in [7, 11) is 0. The minimum absolute atomic E-state index is 0.0564. The first-order valence-corrected chi connectivity index (χ1v) is 5.92. The van der Waals surface area contributed by atoms with Crippen molar-refractivity contribution in [3.63, 3.8) is 0 Å². The molecule has 0 aromatic heterocycles. The normalized spacial score (nSPS) is 21.4. The second-order valence-electron chi connectivity index (χ2n) is 4.75. The van der Waals surface area contributed by atoms with Crippen LogP contribution in [0.3, 0.4) is 0 Å². The molecule has 0 unspecified atom stereocenters. The van der Waals surface area contributed by atoms with E-state index in [1.807, 2.05) is 0 Å². The number of alkyl halides is 3. The number of carbonyl (C=O) groups is 2. The molecule has 4 nitrogen and oxygen atoms in total. The Bertz CT molecular complexity index is 568. The molecule has 1 saturated carbocycles. The van der Waals surface area contributed by atoms with Gasteiger partial charge in [-0.3, -0.25) is 9.59 Å². The lowest BCUT2D eigenvalue weighted by Crippen LogP contribution is -2.18. The van der Waals surface area contributed by atoms with E-state index < -0.39 is 35.5 Å².